The number of carbonyl (C=O) groups is 1. The largest absolute Gasteiger partial charge is 0.417 e. The first-order valence-corrected chi connectivity index (χ1v) is 6.05. The Labute approximate surface area is 116 Å². The highest BCUT2D eigenvalue weighted by atomic mass is 35.5. The average Bonchev–Trinajstić information content (AvgIpc) is 2.80. The summed E-state index contributed by atoms with van der Waals surface area (Å²) in [6, 6.07) is 8.34. The van der Waals surface area contributed by atoms with E-state index in [0.717, 1.165) is 6.07 Å². The fourth-order valence-electron chi connectivity index (χ4n) is 1.89. The van der Waals surface area contributed by atoms with E-state index in [2.05, 4.69) is 4.98 Å². The van der Waals surface area contributed by atoms with E-state index in [0.29, 0.717) is 11.1 Å². The molecule has 4 nitrogen and oxygen atoms in total. The fraction of sp³-hybridized carbons (Fsp3) is 0. The van der Waals surface area contributed by atoms with Gasteiger partial charge in [-0.05, 0) is 36.4 Å². The summed E-state index contributed by atoms with van der Waals surface area (Å²) in [6.45, 7) is 0. The third-order valence-electron chi connectivity index (χ3n) is 2.86. The van der Waals surface area contributed by atoms with Gasteiger partial charge >= 0.3 is 5.76 Å². The summed E-state index contributed by atoms with van der Waals surface area (Å²) in [5.74, 6) is -1.64. The molecule has 2 aromatic carbocycles. The number of halogens is 2. The van der Waals surface area contributed by atoms with Gasteiger partial charge in [-0.15, -0.1) is 0 Å². The number of aromatic nitrogens is 1. The van der Waals surface area contributed by atoms with Crippen molar-refractivity contribution in [3.8, 4) is 0 Å². The van der Waals surface area contributed by atoms with Crippen molar-refractivity contribution in [2.45, 2.75) is 0 Å². The van der Waals surface area contributed by atoms with Gasteiger partial charge in [0.1, 0.15) is 5.82 Å². The zero-order valence-electron chi connectivity index (χ0n) is 9.94. The zero-order valence-corrected chi connectivity index (χ0v) is 10.7. The highest BCUT2D eigenvalue weighted by Crippen LogP contribution is 2.20. The summed E-state index contributed by atoms with van der Waals surface area (Å²) in [5.41, 5.74) is 1.23. The number of oxazole rings is 1. The van der Waals surface area contributed by atoms with Crippen molar-refractivity contribution >= 4 is 28.5 Å². The second kappa shape index (κ2) is 4.61. The summed E-state index contributed by atoms with van der Waals surface area (Å²) < 4.78 is 18.2. The van der Waals surface area contributed by atoms with E-state index in [-0.39, 0.29) is 22.0 Å². The number of fused-ring (bicyclic) bond motifs is 1. The minimum Gasteiger partial charge on any atom is -0.408 e. The third-order valence-corrected chi connectivity index (χ3v) is 3.17. The van der Waals surface area contributed by atoms with Gasteiger partial charge in [0.25, 0.3) is 0 Å². The van der Waals surface area contributed by atoms with Crippen LogP contribution in [0.4, 0.5) is 4.39 Å². The Kier molecular flexibility index (Phi) is 2.91. The van der Waals surface area contributed by atoms with Crippen LogP contribution in [0.2, 0.25) is 5.02 Å². The van der Waals surface area contributed by atoms with Gasteiger partial charge in [0.2, 0.25) is 0 Å². The summed E-state index contributed by atoms with van der Waals surface area (Å²) in [4.78, 5) is 25.7. The lowest BCUT2D eigenvalue weighted by Gasteiger charge is -2.02. The Hall–Kier alpha value is -2.40. The maximum Gasteiger partial charge on any atom is 0.417 e. The molecule has 0 aliphatic heterocycles. The van der Waals surface area contributed by atoms with Crippen LogP contribution < -0.4 is 5.76 Å². The third kappa shape index (κ3) is 2.12. The molecule has 0 radical (unpaired) electrons. The van der Waals surface area contributed by atoms with Crippen molar-refractivity contribution in [2.75, 3.05) is 0 Å². The molecule has 0 fully saturated rings. The molecule has 3 rings (SSSR count). The zero-order chi connectivity index (χ0) is 14.3. The number of rotatable bonds is 2. The number of benzene rings is 2. The summed E-state index contributed by atoms with van der Waals surface area (Å²) in [5, 5.41) is -0.0476. The highest BCUT2D eigenvalue weighted by molar-refractivity contribution is 6.30. The molecular weight excluding hydrogens is 285 g/mol. The number of hydrogen-bond acceptors (Lipinski definition) is 3. The van der Waals surface area contributed by atoms with Gasteiger partial charge in [0.15, 0.2) is 11.4 Å². The van der Waals surface area contributed by atoms with E-state index in [4.69, 9.17) is 16.0 Å². The molecule has 6 heteroatoms. The van der Waals surface area contributed by atoms with Gasteiger partial charge < -0.3 is 4.42 Å². The average molecular weight is 292 g/mol. The van der Waals surface area contributed by atoms with Gasteiger partial charge in [-0.3, -0.25) is 9.78 Å². The minimum absolute atomic E-state index is 0.0476. The number of hydrogen-bond donors (Lipinski definition) is 1. The number of ketones is 1. The SMILES string of the molecule is O=C(c1ccc(Cl)c(F)c1)c1ccc2[nH]c(=O)oc2c1. The fourth-order valence-corrected chi connectivity index (χ4v) is 2.01. The Morgan fingerprint density at radius 3 is 2.60 bits per heavy atom. The van der Waals surface area contributed by atoms with E-state index in [9.17, 15) is 14.0 Å². The van der Waals surface area contributed by atoms with Gasteiger partial charge in [-0.2, -0.15) is 0 Å². The van der Waals surface area contributed by atoms with Crippen LogP contribution in [0.3, 0.4) is 0 Å². The molecule has 0 atom stereocenters. The van der Waals surface area contributed by atoms with Crippen LogP contribution in [0.25, 0.3) is 11.1 Å². The summed E-state index contributed by atoms with van der Waals surface area (Å²) in [6.07, 6.45) is 0. The Morgan fingerprint density at radius 2 is 1.85 bits per heavy atom. The molecule has 0 saturated heterocycles. The van der Waals surface area contributed by atoms with E-state index in [1.54, 1.807) is 6.07 Å². The van der Waals surface area contributed by atoms with Crippen LogP contribution in [0.1, 0.15) is 15.9 Å². The van der Waals surface area contributed by atoms with E-state index < -0.39 is 11.6 Å². The lowest BCUT2D eigenvalue weighted by molar-refractivity contribution is 0.103. The maximum atomic E-state index is 13.4. The standard InChI is InChI=1S/C14H7ClFNO3/c15-9-3-1-7(5-10(9)16)13(18)8-2-4-11-12(6-8)20-14(19)17-11/h1-6H,(H,17,19). The van der Waals surface area contributed by atoms with Crippen molar-refractivity contribution in [2.24, 2.45) is 0 Å². The smallest absolute Gasteiger partial charge is 0.408 e. The second-order valence-electron chi connectivity index (χ2n) is 4.18. The van der Waals surface area contributed by atoms with E-state index >= 15 is 0 Å². The molecule has 1 aromatic heterocycles. The molecule has 1 N–H and O–H groups in total. The van der Waals surface area contributed by atoms with Gasteiger partial charge in [0.05, 0.1) is 10.5 Å². The molecular formula is C14H7ClFNO3. The first-order chi connectivity index (χ1) is 9.54. The number of aromatic amines is 1. The van der Waals surface area contributed by atoms with Crippen LogP contribution in [-0.4, -0.2) is 10.8 Å². The van der Waals surface area contributed by atoms with Gasteiger partial charge in [0, 0.05) is 11.1 Å². The molecule has 0 bridgehead atoms. The van der Waals surface area contributed by atoms with Crippen molar-refractivity contribution in [1.29, 1.82) is 0 Å². The molecule has 20 heavy (non-hydrogen) atoms. The van der Waals surface area contributed by atoms with E-state index in [1.165, 1.54) is 24.3 Å². The molecule has 0 aliphatic rings. The van der Waals surface area contributed by atoms with Crippen molar-refractivity contribution < 1.29 is 13.6 Å². The first-order valence-electron chi connectivity index (χ1n) is 5.67. The van der Waals surface area contributed by atoms with Crippen LogP contribution in [0.15, 0.2) is 45.6 Å². The Bertz CT molecular complexity index is 882. The summed E-state index contributed by atoms with van der Waals surface area (Å²) >= 11 is 5.57. The normalized spacial score (nSPS) is 10.9. The van der Waals surface area contributed by atoms with Crippen LogP contribution in [0.5, 0.6) is 0 Å². The molecule has 0 saturated carbocycles. The molecule has 100 valence electrons. The summed E-state index contributed by atoms with van der Waals surface area (Å²) in [7, 11) is 0. The second-order valence-corrected chi connectivity index (χ2v) is 4.59. The minimum atomic E-state index is -0.660. The Balaban J connectivity index is 2.07. The molecule has 3 aromatic rings. The lowest BCUT2D eigenvalue weighted by atomic mass is 10.0. The van der Waals surface area contributed by atoms with Crippen LogP contribution in [-0.2, 0) is 0 Å². The van der Waals surface area contributed by atoms with Gasteiger partial charge in [-0.1, -0.05) is 11.6 Å². The van der Waals surface area contributed by atoms with Crippen LogP contribution in [0, 0.1) is 5.82 Å². The van der Waals surface area contributed by atoms with Crippen LogP contribution >= 0.6 is 11.6 Å². The van der Waals surface area contributed by atoms with E-state index in [1.807, 2.05) is 0 Å². The number of H-pyrrole nitrogens is 1. The van der Waals surface area contributed by atoms with Gasteiger partial charge in [-0.25, -0.2) is 9.18 Å². The topological polar surface area (TPSA) is 63.1 Å². The quantitative estimate of drug-likeness (QED) is 0.738. The maximum absolute atomic E-state index is 13.4. The molecule has 0 aliphatic carbocycles. The Morgan fingerprint density at radius 1 is 1.15 bits per heavy atom. The van der Waals surface area contributed by atoms with Crippen molar-refractivity contribution in [3.05, 3.63) is 68.9 Å². The number of carbonyl (C=O) groups excluding carboxylic acids is 1. The highest BCUT2D eigenvalue weighted by Gasteiger charge is 2.13. The van der Waals surface area contributed by atoms with Crippen molar-refractivity contribution in [3.63, 3.8) is 0 Å². The van der Waals surface area contributed by atoms with Crippen molar-refractivity contribution in [1.82, 2.24) is 4.98 Å². The predicted molar refractivity (Wildman–Crippen MR) is 71.7 cm³/mol. The molecule has 0 spiro atoms. The first kappa shape index (κ1) is 12.6. The molecule has 0 unspecified atom stereocenters. The monoisotopic (exact) mass is 291 g/mol. The molecule has 1 heterocycles. The molecule has 0 amide bonds. The predicted octanol–water partition coefficient (Wildman–Crippen LogP) is 3.14. The number of nitrogens with one attached hydrogen (secondary N) is 1. The lowest BCUT2D eigenvalue weighted by Crippen LogP contribution is -2.01.